The molecule has 0 bridgehead atoms. The molecule has 0 aliphatic carbocycles. The average Bonchev–Trinajstić information content (AvgIpc) is 2.87. The fourth-order valence-corrected chi connectivity index (χ4v) is 2.68. The third-order valence-electron chi connectivity index (χ3n) is 3.46. The van der Waals surface area contributed by atoms with Crippen molar-refractivity contribution in [2.75, 3.05) is 6.61 Å². The van der Waals surface area contributed by atoms with Gasteiger partial charge in [-0.3, -0.25) is 4.79 Å². The molecule has 2 N–H and O–H groups in total. The predicted molar refractivity (Wildman–Crippen MR) is 96.2 cm³/mol. The molecule has 3 rings (SSSR count). The average molecular weight is 378 g/mol. The summed E-state index contributed by atoms with van der Waals surface area (Å²) in [6.45, 7) is 1.54. The predicted octanol–water partition coefficient (Wildman–Crippen LogP) is 5.18. The van der Waals surface area contributed by atoms with E-state index in [9.17, 15) is 9.90 Å². The highest BCUT2D eigenvalue weighted by Gasteiger charge is 2.12. The number of halogens is 2. The Bertz CT molecular complexity index is 983. The Morgan fingerprint density at radius 3 is 2.68 bits per heavy atom. The van der Waals surface area contributed by atoms with Gasteiger partial charge in [0, 0.05) is 15.4 Å². The Labute approximate surface area is 153 Å². The minimum absolute atomic E-state index is 0.147. The van der Waals surface area contributed by atoms with Gasteiger partial charge >= 0.3 is 5.91 Å². The van der Waals surface area contributed by atoms with Gasteiger partial charge in [-0.25, -0.2) is 0 Å². The van der Waals surface area contributed by atoms with E-state index in [0.717, 1.165) is 5.56 Å². The Morgan fingerprint density at radius 1 is 1.20 bits per heavy atom. The summed E-state index contributed by atoms with van der Waals surface area (Å²) in [5, 5.41) is 18.9. The number of nitrogens with one attached hydrogen (secondary N) is 1. The van der Waals surface area contributed by atoms with Crippen LogP contribution in [0.5, 0.6) is 11.6 Å². The Kier molecular flexibility index (Phi) is 4.92. The number of aromatic nitrogens is 1. The third kappa shape index (κ3) is 3.92. The quantitative estimate of drug-likeness (QED) is 0.614. The van der Waals surface area contributed by atoms with Crippen molar-refractivity contribution in [3.63, 3.8) is 0 Å². The first-order chi connectivity index (χ1) is 11.9. The number of H-pyrrole nitrogens is 1. The van der Waals surface area contributed by atoms with Crippen LogP contribution in [0.3, 0.4) is 0 Å². The number of ether oxygens (including phenoxy) is 1. The van der Waals surface area contributed by atoms with Crippen LogP contribution in [0, 0.1) is 6.92 Å². The number of benzene rings is 2. The molecule has 6 nitrogen and oxygen atoms in total. The zero-order chi connectivity index (χ0) is 18.0. The van der Waals surface area contributed by atoms with Crippen LogP contribution in [-0.2, 0) is 4.79 Å². The maximum atomic E-state index is 11.9. The molecule has 0 radical (unpaired) electrons. The SMILES string of the molecule is Cc1cc(Cl)ccc1OCC(=O)N=Nc1c(O)[nH]c2ccc(Cl)cc12. The van der Waals surface area contributed by atoms with Crippen LogP contribution in [-0.4, -0.2) is 22.6 Å². The second-order valence-corrected chi connectivity index (χ2v) is 6.18. The molecule has 0 saturated carbocycles. The van der Waals surface area contributed by atoms with Gasteiger partial charge in [0.15, 0.2) is 12.3 Å². The molecule has 0 aliphatic heterocycles. The van der Waals surface area contributed by atoms with E-state index in [-0.39, 0.29) is 18.2 Å². The number of carbonyl (C=O) groups is 1. The lowest BCUT2D eigenvalue weighted by Crippen LogP contribution is -2.08. The smallest absolute Gasteiger partial charge is 0.302 e. The summed E-state index contributed by atoms with van der Waals surface area (Å²) in [6, 6.07) is 10.1. The highest BCUT2D eigenvalue weighted by Crippen LogP contribution is 2.36. The van der Waals surface area contributed by atoms with Crippen molar-refractivity contribution >= 4 is 45.7 Å². The molecule has 1 heterocycles. The number of aryl methyl sites for hydroxylation is 1. The first-order valence-corrected chi connectivity index (χ1v) is 8.03. The van der Waals surface area contributed by atoms with Gasteiger partial charge in [-0.15, -0.1) is 10.2 Å². The van der Waals surface area contributed by atoms with E-state index in [4.69, 9.17) is 27.9 Å². The number of aromatic hydroxyl groups is 1. The fourth-order valence-electron chi connectivity index (χ4n) is 2.29. The molecule has 128 valence electrons. The van der Waals surface area contributed by atoms with E-state index < -0.39 is 5.91 Å². The zero-order valence-electron chi connectivity index (χ0n) is 13.1. The lowest BCUT2D eigenvalue weighted by Gasteiger charge is -2.06. The van der Waals surface area contributed by atoms with E-state index in [1.54, 1.807) is 36.4 Å². The molecule has 3 aromatic rings. The van der Waals surface area contributed by atoms with E-state index in [1.165, 1.54) is 0 Å². The molecule has 8 heteroatoms. The summed E-state index contributed by atoms with van der Waals surface area (Å²) < 4.78 is 5.41. The summed E-state index contributed by atoms with van der Waals surface area (Å²) in [5.74, 6) is -0.247. The molecule has 25 heavy (non-hydrogen) atoms. The van der Waals surface area contributed by atoms with Crippen molar-refractivity contribution in [2.45, 2.75) is 6.92 Å². The number of amides is 1. The third-order valence-corrected chi connectivity index (χ3v) is 3.93. The molecule has 0 atom stereocenters. The van der Waals surface area contributed by atoms with Crippen LogP contribution in [0.2, 0.25) is 10.0 Å². The van der Waals surface area contributed by atoms with Gasteiger partial charge in [0.1, 0.15) is 5.75 Å². The molecule has 0 fully saturated rings. The largest absolute Gasteiger partial charge is 0.493 e. The zero-order valence-corrected chi connectivity index (χ0v) is 14.6. The summed E-state index contributed by atoms with van der Waals surface area (Å²) >= 11 is 11.8. The molecular weight excluding hydrogens is 365 g/mol. The molecule has 1 amide bonds. The van der Waals surface area contributed by atoms with Crippen molar-refractivity contribution in [1.82, 2.24) is 4.98 Å². The van der Waals surface area contributed by atoms with E-state index >= 15 is 0 Å². The van der Waals surface area contributed by atoms with Gasteiger partial charge in [-0.1, -0.05) is 23.2 Å². The molecule has 1 aromatic heterocycles. The highest BCUT2D eigenvalue weighted by molar-refractivity contribution is 6.31. The number of fused-ring (bicyclic) bond motifs is 1. The van der Waals surface area contributed by atoms with Crippen molar-refractivity contribution in [3.8, 4) is 11.6 Å². The molecular formula is C17H13Cl2N3O3. The molecule has 0 spiro atoms. The number of rotatable bonds is 4. The normalized spacial score (nSPS) is 11.3. The van der Waals surface area contributed by atoms with E-state index in [1.807, 2.05) is 6.92 Å². The second-order valence-electron chi connectivity index (χ2n) is 5.30. The summed E-state index contributed by atoms with van der Waals surface area (Å²) in [4.78, 5) is 14.6. The molecule has 2 aromatic carbocycles. The summed E-state index contributed by atoms with van der Waals surface area (Å²) in [6.07, 6.45) is 0. The maximum Gasteiger partial charge on any atom is 0.302 e. The highest BCUT2D eigenvalue weighted by atomic mass is 35.5. The maximum absolute atomic E-state index is 11.9. The van der Waals surface area contributed by atoms with Gasteiger partial charge in [0.2, 0.25) is 5.88 Å². The minimum atomic E-state index is -0.592. The van der Waals surface area contributed by atoms with Crippen molar-refractivity contribution < 1.29 is 14.6 Å². The molecule has 0 saturated heterocycles. The van der Waals surface area contributed by atoms with Gasteiger partial charge < -0.3 is 14.8 Å². The Morgan fingerprint density at radius 2 is 1.92 bits per heavy atom. The van der Waals surface area contributed by atoms with Gasteiger partial charge in [0.25, 0.3) is 0 Å². The van der Waals surface area contributed by atoms with Crippen molar-refractivity contribution in [1.29, 1.82) is 0 Å². The van der Waals surface area contributed by atoms with E-state index in [0.29, 0.717) is 26.7 Å². The number of nitrogens with zero attached hydrogens (tertiary/aromatic N) is 2. The van der Waals surface area contributed by atoms with Crippen molar-refractivity contribution in [2.24, 2.45) is 10.2 Å². The van der Waals surface area contributed by atoms with Crippen LogP contribution in [0.1, 0.15) is 5.56 Å². The van der Waals surface area contributed by atoms with Crippen LogP contribution in [0.25, 0.3) is 10.9 Å². The lowest BCUT2D eigenvalue weighted by atomic mass is 10.2. The molecule has 0 unspecified atom stereocenters. The van der Waals surface area contributed by atoms with Crippen LogP contribution >= 0.6 is 23.2 Å². The van der Waals surface area contributed by atoms with E-state index in [2.05, 4.69) is 15.2 Å². The fraction of sp³-hybridized carbons (Fsp3) is 0.118. The summed E-state index contributed by atoms with van der Waals surface area (Å²) in [7, 11) is 0. The van der Waals surface area contributed by atoms with Crippen LogP contribution < -0.4 is 4.74 Å². The number of aromatic amines is 1. The summed E-state index contributed by atoms with van der Waals surface area (Å²) in [5.41, 5.74) is 1.59. The standard InChI is InChI=1S/C17H13Cl2N3O3/c1-9-6-10(18)3-5-14(9)25-8-15(23)21-22-16-12-7-11(19)2-4-13(12)20-17(16)24/h2-7,20,24H,8H2,1H3. The van der Waals surface area contributed by atoms with Crippen molar-refractivity contribution in [3.05, 3.63) is 52.0 Å². The number of azo groups is 1. The minimum Gasteiger partial charge on any atom is -0.493 e. The van der Waals surface area contributed by atoms with Crippen LogP contribution in [0.4, 0.5) is 5.69 Å². The number of hydrogen-bond acceptors (Lipinski definition) is 4. The lowest BCUT2D eigenvalue weighted by molar-refractivity contribution is -0.120. The monoisotopic (exact) mass is 377 g/mol. The second kappa shape index (κ2) is 7.13. The number of hydrogen-bond donors (Lipinski definition) is 2. The first kappa shape index (κ1) is 17.3. The topological polar surface area (TPSA) is 87.0 Å². The number of carbonyl (C=O) groups excluding carboxylic acids is 1. The van der Waals surface area contributed by atoms with Crippen LogP contribution in [0.15, 0.2) is 46.6 Å². The van der Waals surface area contributed by atoms with Gasteiger partial charge in [-0.05, 0) is 48.9 Å². The first-order valence-electron chi connectivity index (χ1n) is 7.28. The Balaban J connectivity index is 1.72. The van der Waals surface area contributed by atoms with Gasteiger partial charge in [-0.2, -0.15) is 0 Å². The van der Waals surface area contributed by atoms with Gasteiger partial charge in [0.05, 0.1) is 5.52 Å². The Hall–Kier alpha value is -2.57. The molecule has 0 aliphatic rings.